The molecule has 0 aliphatic carbocycles. The van der Waals surface area contributed by atoms with Crippen molar-refractivity contribution in [1.29, 1.82) is 0 Å². The number of rotatable bonds is 9. The lowest BCUT2D eigenvalue weighted by Gasteiger charge is -2.28. The SMILES string of the molecule is CCc1ccc(C(CC)NCC(C)(C)CCCO)cc1. The monoisotopic (exact) mass is 277 g/mol. The van der Waals surface area contributed by atoms with E-state index in [2.05, 4.69) is 57.3 Å². The minimum absolute atomic E-state index is 0.236. The van der Waals surface area contributed by atoms with Crippen LogP contribution in [0.15, 0.2) is 24.3 Å². The minimum Gasteiger partial charge on any atom is -0.396 e. The van der Waals surface area contributed by atoms with Gasteiger partial charge in [-0.25, -0.2) is 0 Å². The van der Waals surface area contributed by atoms with Crippen LogP contribution in [0.2, 0.25) is 0 Å². The van der Waals surface area contributed by atoms with E-state index in [4.69, 9.17) is 5.11 Å². The predicted octanol–water partition coefficient (Wildman–Crippen LogP) is 4.09. The average molecular weight is 277 g/mol. The lowest BCUT2D eigenvalue weighted by Crippen LogP contribution is -2.32. The summed E-state index contributed by atoms with van der Waals surface area (Å²) in [7, 11) is 0. The van der Waals surface area contributed by atoms with Crippen molar-refractivity contribution in [2.24, 2.45) is 5.41 Å². The highest BCUT2D eigenvalue weighted by Gasteiger charge is 2.19. The highest BCUT2D eigenvalue weighted by Crippen LogP contribution is 2.24. The van der Waals surface area contributed by atoms with Gasteiger partial charge in [-0.1, -0.05) is 52.0 Å². The quantitative estimate of drug-likeness (QED) is 0.712. The van der Waals surface area contributed by atoms with E-state index in [1.54, 1.807) is 0 Å². The Hall–Kier alpha value is -0.860. The Morgan fingerprint density at radius 3 is 2.30 bits per heavy atom. The van der Waals surface area contributed by atoms with Crippen LogP contribution in [-0.4, -0.2) is 18.3 Å². The van der Waals surface area contributed by atoms with Crippen molar-refractivity contribution >= 4 is 0 Å². The molecule has 20 heavy (non-hydrogen) atoms. The van der Waals surface area contributed by atoms with E-state index in [9.17, 15) is 0 Å². The van der Waals surface area contributed by atoms with Gasteiger partial charge >= 0.3 is 0 Å². The number of hydrogen-bond donors (Lipinski definition) is 2. The van der Waals surface area contributed by atoms with E-state index in [0.29, 0.717) is 12.6 Å². The number of hydrogen-bond acceptors (Lipinski definition) is 2. The van der Waals surface area contributed by atoms with Gasteiger partial charge < -0.3 is 10.4 Å². The molecule has 0 fully saturated rings. The topological polar surface area (TPSA) is 32.3 Å². The fraction of sp³-hybridized carbons (Fsp3) is 0.667. The first-order valence-electron chi connectivity index (χ1n) is 7.95. The Labute approximate surface area is 124 Å². The van der Waals surface area contributed by atoms with Crippen molar-refractivity contribution < 1.29 is 5.11 Å². The molecule has 0 aliphatic rings. The molecule has 2 nitrogen and oxygen atoms in total. The summed E-state index contributed by atoms with van der Waals surface area (Å²) < 4.78 is 0. The summed E-state index contributed by atoms with van der Waals surface area (Å²) in [5.74, 6) is 0. The summed E-state index contributed by atoms with van der Waals surface area (Å²) >= 11 is 0. The van der Waals surface area contributed by atoms with Gasteiger partial charge in [0.25, 0.3) is 0 Å². The summed E-state index contributed by atoms with van der Waals surface area (Å²) in [6, 6.07) is 9.39. The number of benzene rings is 1. The standard InChI is InChI=1S/C18H31NO/c1-5-15-8-10-16(11-9-15)17(6-2)19-14-18(3,4)12-7-13-20/h8-11,17,19-20H,5-7,12-14H2,1-4H3. The van der Waals surface area contributed by atoms with Crippen LogP contribution < -0.4 is 5.32 Å². The van der Waals surface area contributed by atoms with E-state index in [1.165, 1.54) is 11.1 Å². The van der Waals surface area contributed by atoms with Crippen molar-refractivity contribution in [3.05, 3.63) is 35.4 Å². The van der Waals surface area contributed by atoms with Gasteiger partial charge in [-0.3, -0.25) is 0 Å². The molecule has 114 valence electrons. The highest BCUT2D eigenvalue weighted by molar-refractivity contribution is 5.25. The van der Waals surface area contributed by atoms with Gasteiger partial charge in [0.2, 0.25) is 0 Å². The average Bonchev–Trinajstić information content (AvgIpc) is 2.46. The maximum absolute atomic E-state index is 8.96. The molecule has 1 unspecified atom stereocenters. The molecular weight excluding hydrogens is 246 g/mol. The van der Waals surface area contributed by atoms with Gasteiger partial charge in [0, 0.05) is 19.2 Å². The Morgan fingerprint density at radius 2 is 1.80 bits per heavy atom. The van der Waals surface area contributed by atoms with Crippen molar-refractivity contribution in [2.45, 2.75) is 59.4 Å². The Balaban J connectivity index is 2.57. The maximum atomic E-state index is 8.96. The summed E-state index contributed by atoms with van der Waals surface area (Å²) in [6.07, 6.45) is 4.14. The highest BCUT2D eigenvalue weighted by atomic mass is 16.2. The summed E-state index contributed by atoms with van der Waals surface area (Å²) in [5.41, 5.74) is 3.01. The number of aliphatic hydroxyl groups is 1. The van der Waals surface area contributed by atoms with Crippen LogP contribution in [0.3, 0.4) is 0 Å². The molecule has 0 heterocycles. The Bertz CT molecular complexity index is 370. The zero-order valence-electron chi connectivity index (χ0n) is 13.6. The van der Waals surface area contributed by atoms with Gasteiger partial charge in [0.15, 0.2) is 0 Å². The third-order valence-corrected chi connectivity index (χ3v) is 4.04. The largest absolute Gasteiger partial charge is 0.396 e. The van der Waals surface area contributed by atoms with Crippen LogP contribution in [0.1, 0.15) is 64.1 Å². The predicted molar refractivity (Wildman–Crippen MR) is 87.0 cm³/mol. The number of aryl methyl sites for hydroxylation is 1. The molecule has 0 saturated carbocycles. The number of nitrogens with one attached hydrogen (secondary N) is 1. The van der Waals surface area contributed by atoms with E-state index in [1.807, 2.05) is 0 Å². The lowest BCUT2D eigenvalue weighted by atomic mass is 9.87. The fourth-order valence-electron chi connectivity index (χ4n) is 2.53. The molecular formula is C18H31NO. The van der Waals surface area contributed by atoms with E-state index >= 15 is 0 Å². The third kappa shape index (κ3) is 5.64. The summed E-state index contributed by atoms with van der Waals surface area (Å²) in [6.45, 7) is 10.2. The second-order valence-electron chi connectivity index (χ2n) is 6.43. The molecule has 1 aromatic carbocycles. The minimum atomic E-state index is 0.236. The van der Waals surface area contributed by atoms with E-state index in [0.717, 1.165) is 32.2 Å². The molecule has 2 N–H and O–H groups in total. The zero-order chi connectivity index (χ0) is 15.0. The molecule has 2 heteroatoms. The summed E-state index contributed by atoms with van der Waals surface area (Å²) in [5, 5.41) is 12.7. The molecule has 1 rings (SSSR count). The lowest BCUT2D eigenvalue weighted by molar-refractivity contribution is 0.231. The van der Waals surface area contributed by atoms with Gasteiger partial charge in [-0.2, -0.15) is 0 Å². The molecule has 1 atom stereocenters. The molecule has 0 saturated heterocycles. The van der Waals surface area contributed by atoms with Gasteiger partial charge in [-0.15, -0.1) is 0 Å². The van der Waals surface area contributed by atoms with Crippen LogP contribution in [0.4, 0.5) is 0 Å². The van der Waals surface area contributed by atoms with Crippen LogP contribution in [-0.2, 0) is 6.42 Å². The zero-order valence-corrected chi connectivity index (χ0v) is 13.6. The smallest absolute Gasteiger partial charge is 0.0431 e. The first-order valence-corrected chi connectivity index (χ1v) is 7.95. The Morgan fingerprint density at radius 1 is 1.15 bits per heavy atom. The fourth-order valence-corrected chi connectivity index (χ4v) is 2.53. The second kappa shape index (κ2) is 8.43. The van der Waals surface area contributed by atoms with Crippen LogP contribution >= 0.6 is 0 Å². The van der Waals surface area contributed by atoms with Gasteiger partial charge in [-0.05, 0) is 42.2 Å². The van der Waals surface area contributed by atoms with Crippen molar-refractivity contribution in [2.75, 3.05) is 13.2 Å². The molecule has 0 aliphatic heterocycles. The van der Waals surface area contributed by atoms with Gasteiger partial charge in [0.1, 0.15) is 0 Å². The van der Waals surface area contributed by atoms with Crippen molar-refractivity contribution in [3.8, 4) is 0 Å². The first kappa shape index (κ1) is 17.2. The van der Waals surface area contributed by atoms with E-state index in [-0.39, 0.29) is 5.41 Å². The molecule has 0 spiro atoms. The maximum Gasteiger partial charge on any atom is 0.0431 e. The van der Waals surface area contributed by atoms with Crippen LogP contribution in [0, 0.1) is 5.41 Å². The normalized spacial score (nSPS) is 13.4. The summed E-state index contributed by atoms with van der Waals surface area (Å²) in [4.78, 5) is 0. The van der Waals surface area contributed by atoms with Crippen LogP contribution in [0.25, 0.3) is 0 Å². The molecule has 0 bridgehead atoms. The molecule has 0 radical (unpaired) electrons. The molecule has 1 aromatic rings. The molecule has 0 aromatic heterocycles. The van der Waals surface area contributed by atoms with Crippen LogP contribution in [0.5, 0.6) is 0 Å². The second-order valence-corrected chi connectivity index (χ2v) is 6.43. The molecule has 0 amide bonds. The van der Waals surface area contributed by atoms with Gasteiger partial charge in [0.05, 0.1) is 0 Å². The first-order chi connectivity index (χ1) is 9.52. The van der Waals surface area contributed by atoms with E-state index < -0.39 is 0 Å². The van der Waals surface area contributed by atoms with Crippen molar-refractivity contribution in [3.63, 3.8) is 0 Å². The Kier molecular flexibility index (Phi) is 7.25. The third-order valence-electron chi connectivity index (χ3n) is 4.04. The van der Waals surface area contributed by atoms with Crippen molar-refractivity contribution in [1.82, 2.24) is 5.32 Å². The number of aliphatic hydroxyl groups excluding tert-OH is 1.